The van der Waals surface area contributed by atoms with Crippen LogP contribution in [0.1, 0.15) is 21.3 Å². The molecule has 2 aromatic rings. The summed E-state index contributed by atoms with van der Waals surface area (Å²) in [7, 11) is -5.03. The third kappa shape index (κ3) is 3.78. The quantitative estimate of drug-likeness (QED) is 0.798. The molecule has 6 nitrogen and oxygen atoms in total. The van der Waals surface area contributed by atoms with Gasteiger partial charge in [0, 0.05) is 10.6 Å². The van der Waals surface area contributed by atoms with E-state index < -0.39 is 39.3 Å². The Hall–Kier alpha value is -2.51. The van der Waals surface area contributed by atoms with Crippen LogP contribution < -0.4 is 5.73 Å². The van der Waals surface area contributed by atoms with E-state index in [9.17, 15) is 13.2 Å². The molecule has 0 saturated heterocycles. The standard InChI is InChI=1S/C17H14ClNO5S/c18-13-9-5-4-8-12(13)15-14(20)16(17(19)23-15)24-25(21,22)10-11-6-2-1-3-7-11/h1-9,15H,10,19H2/i10D2,15D. The SMILES string of the molecule is [2H]C1(c2ccccc2Cl)OC(N)=C(OS(=O)(=O)C([2H])([2H])c2ccccc2)C1=O. The predicted octanol–water partition coefficient (Wildman–Crippen LogP) is 2.65. The number of hydrogen-bond donors (Lipinski definition) is 1. The van der Waals surface area contributed by atoms with Crippen LogP contribution in [-0.2, 0) is 29.5 Å². The second kappa shape index (κ2) is 6.78. The average molecular weight is 383 g/mol. The number of benzene rings is 2. The van der Waals surface area contributed by atoms with Crippen molar-refractivity contribution in [1.29, 1.82) is 0 Å². The molecule has 0 aliphatic carbocycles. The van der Waals surface area contributed by atoms with E-state index in [1.807, 2.05) is 0 Å². The van der Waals surface area contributed by atoms with Crippen LogP contribution in [0.3, 0.4) is 0 Å². The molecule has 3 rings (SSSR count). The highest BCUT2D eigenvalue weighted by Gasteiger charge is 2.40. The summed E-state index contributed by atoms with van der Waals surface area (Å²) in [6.45, 7) is 0. The molecule has 2 N–H and O–H groups in total. The number of Topliss-reactive ketones (excluding diaryl/α,β-unsaturated/α-hetero) is 1. The molecule has 0 amide bonds. The average Bonchev–Trinajstić information content (AvgIpc) is 2.86. The topological polar surface area (TPSA) is 95.7 Å². The maximum atomic E-state index is 12.7. The van der Waals surface area contributed by atoms with E-state index >= 15 is 0 Å². The van der Waals surface area contributed by atoms with Crippen LogP contribution in [0.15, 0.2) is 66.2 Å². The second-order valence-corrected chi connectivity index (χ2v) is 6.63. The van der Waals surface area contributed by atoms with Crippen molar-refractivity contribution in [3.8, 4) is 0 Å². The molecule has 25 heavy (non-hydrogen) atoms. The monoisotopic (exact) mass is 382 g/mol. The highest BCUT2D eigenvalue weighted by Crippen LogP contribution is 2.35. The largest absolute Gasteiger partial charge is 0.460 e. The molecule has 1 aliphatic rings. The van der Waals surface area contributed by atoms with Gasteiger partial charge in [-0.25, -0.2) is 0 Å². The number of ketones is 1. The summed E-state index contributed by atoms with van der Waals surface area (Å²) in [6, 6.07) is 12.8. The fraction of sp³-hybridized carbons (Fsp3) is 0.118. The van der Waals surface area contributed by atoms with Crippen LogP contribution >= 0.6 is 11.6 Å². The van der Waals surface area contributed by atoms with Crippen LogP contribution in [0.25, 0.3) is 0 Å². The summed E-state index contributed by atoms with van der Waals surface area (Å²) >= 11 is 6.01. The van der Waals surface area contributed by atoms with Crippen molar-refractivity contribution in [2.75, 3.05) is 0 Å². The number of hydrogen-bond acceptors (Lipinski definition) is 6. The summed E-state index contributed by atoms with van der Waals surface area (Å²) < 4.78 is 59.0. The fourth-order valence-corrected chi connectivity index (χ4v) is 3.17. The van der Waals surface area contributed by atoms with Gasteiger partial charge in [0.15, 0.2) is 6.08 Å². The number of nitrogens with two attached hydrogens (primary N) is 1. The zero-order chi connectivity index (χ0) is 20.7. The Balaban J connectivity index is 1.96. The van der Waals surface area contributed by atoms with E-state index in [2.05, 4.69) is 0 Å². The van der Waals surface area contributed by atoms with Gasteiger partial charge in [-0.3, -0.25) is 4.79 Å². The van der Waals surface area contributed by atoms with Gasteiger partial charge in [0.2, 0.25) is 17.4 Å². The highest BCUT2D eigenvalue weighted by atomic mass is 35.5. The number of carbonyl (C=O) groups excluding carboxylic acids is 1. The molecule has 130 valence electrons. The van der Waals surface area contributed by atoms with E-state index in [0.29, 0.717) is 0 Å². The predicted molar refractivity (Wildman–Crippen MR) is 91.6 cm³/mol. The lowest BCUT2D eigenvalue weighted by atomic mass is 10.1. The lowest BCUT2D eigenvalue weighted by Crippen LogP contribution is -2.16. The molecule has 1 atom stereocenters. The molecular weight excluding hydrogens is 366 g/mol. The minimum atomic E-state index is -5.03. The smallest absolute Gasteiger partial charge is 0.313 e. The van der Waals surface area contributed by atoms with Gasteiger partial charge >= 0.3 is 10.1 Å². The molecule has 8 heteroatoms. The van der Waals surface area contributed by atoms with Crippen molar-refractivity contribution in [1.82, 2.24) is 0 Å². The Morgan fingerprint density at radius 2 is 1.84 bits per heavy atom. The van der Waals surface area contributed by atoms with Gasteiger partial charge in [-0.2, -0.15) is 8.42 Å². The van der Waals surface area contributed by atoms with Gasteiger partial charge in [0.1, 0.15) is 5.70 Å². The summed E-state index contributed by atoms with van der Waals surface area (Å²) in [5.74, 6) is -2.95. The highest BCUT2D eigenvalue weighted by molar-refractivity contribution is 7.86. The molecule has 0 radical (unpaired) electrons. The van der Waals surface area contributed by atoms with Crippen LogP contribution in [0, 0.1) is 0 Å². The molecule has 0 bridgehead atoms. The molecule has 0 fully saturated rings. The van der Waals surface area contributed by atoms with Gasteiger partial charge < -0.3 is 14.7 Å². The van der Waals surface area contributed by atoms with E-state index in [1.54, 1.807) is 12.1 Å². The first-order valence-electron chi connectivity index (χ1n) is 8.49. The van der Waals surface area contributed by atoms with Crippen molar-refractivity contribution in [3.05, 3.63) is 82.4 Å². The summed E-state index contributed by atoms with van der Waals surface area (Å²) in [4.78, 5) is 12.7. The molecule has 0 saturated carbocycles. The van der Waals surface area contributed by atoms with E-state index in [1.165, 1.54) is 42.5 Å². The zero-order valence-electron chi connectivity index (χ0n) is 15.6. The van der Waals surface area contributed by atoms with E-state index in [0.717, 1.165) is 0 Å². The Kier molecular flexibility index (Phi) is 3.73. The molecule has 0 aromatic heterocycles. The van der Waals surface area contributed by atoms with Crippen LogP contribution in [0.2, 0.25) is 5.02 Å². The maximum Gasteiger partial charge on any atom is 0.313 e. The lowest BCUT2D eigenvalue weighted by Gasteiger charge is -2.11. The minimum Gasteiger partial charge on any atom is -0.460 e. The molecule has 1 unspecified atom stereocenters. The Morgan fingerprint density at radius 3 is 2.52 bits per heavy atom. The third-order valence-electron chi connectivity index (χ3n) is 3.18. The number of rotatable bonds is 5. The minimum absolute atomic E-state index is 0.0300. The van der Waals surface area contributed by atoms with Gasteiger partial charge in [-0.1, -0.05) is 60.1 Å². The third-order valence-corrected chi connectivity index (χ3v) is 4.38. The number of halogens is 1. The second-order valence-electron chi connectivity index (χ2n) is 4.94. The van der Waals surface area contributed by atoms with Gasteiger partial charge in [-0.15, -0.1) is 0 Å². The van der Waals surface area contributed by atoms with E-state index in [-0.39, 0.29) is 16.1 Å². The van der Waals surface area contributed by atoms with Crippen molar-refractivity contribution in [2.24, 2.45) is 5.73 Å². The first kappa shape index (κ1) is 13.7. The van der Waals surface area contributed by atoms with Crippen molar-refractivity contribution >= 4 is 27.5 Å². The summed E-state index contributed by atoms with van der Waals surface area (Å²) in [5.41, 5.74) is 2.33. The van der Waals surface area contributed by atoms with Gasteiger partial charge in [0.05, 0.1) is 4.11 Å². The van der Waals surface area contributed by atoms with Crippen LogP contribution in [0.4, 0.5) is 0 Å². The van der Waals surface area contributed by atoms with Crippen molar-refractivity contribution < 1.29 is 26.2 Å². The molecule has 2 aromatic carbocycles. The molecule has 1 aliphatic heterocycles. The first-order valence-corrected chi connectivity index (χ1v) is 8.77. The van der Waals surface area contributed by atoms with Gasteiger partial charge in [0.25, 0.3) is 0 Å². The lowest BCUT2D eigenvalue weighted by molar-refractivity contribution is -0.123. The number of carbonyl (C=O) groups is 1. The van der Waals surface area contributed by atoms with Crippen molar-refractivity contribution in [3.63, 3.8) is 0 Å². The zero-order valence-corrected chi connectivity index (χ0v) is 14.2. The summed E-state index contributed by atoms with van der Waals surface area (Å²) in [6.07, 6.45) is -2.45. The van der Waals surface area contributed by atoms with Crippen LogP contribution in [0.5, 0.6) is 0 Å². The first-order chi connectivity index (χ1) is 13.0. The molecular formula is C17H14ClNO5S. The fourth-order valence-electron chi connectivity index (χ4n) is 2.10. The Bertz CT molecular complexity index is 1080. The Labute approximate surface area is 154 Å². The molecule has 1 heterocycles. The summed E-state index contributed by atoms with van der Waals surface area (Å²) in [5, 5.41) is 0.0300. The van der Waals surface area contributed by atoms with Crippen molar-refractivity contribution in [2.45, 2.75) is 11.8 Å². The maximum absolute atomic E-state index is 12.7. The molecule has 0 spiro atoms. The Morgan fingerprint density at radius 1 is 1.20 bits per heavy atom. The van der Waals surface area contributed by atoms with E-state index in [4.69, 9.17) is 30.4 Å². The number of ether oxygens (including phenoxy) is 1. The normalized spacial score (nSPS) is 22.8. The van der Waals surface area contributed by atoms with Gasteiger partial charge in [-0.05, 0) is 11.6 Å². The van der Waals surface area contributed by atoms with Crippen LogP contribution in [-0.4, -0.2) is 14.2 Å².